The van der Waals surface area contributed by atoms with E-state index < -0.39 is 6.04 Å². The molecule has 3 aromatic rings. The van der Waals surface area contributed by atoms with Gasteiger partial charge in [0, 0.05) is 23.3 Å². The Morgan fingerprint density at radius 1 is 1.13 bits per heavy atom. The van der Waals surface area contributed by atoms with Crippen LogP contribution < -0.4 is 10.6 Å². The summed E-state index contributed by atoms with van der Waals surface area (Å²) >= 11 is 2.98. The fourth-order valence-corrected chi connectivity index (χ4v) is 3.70. The number of nitrogens with one attached hydrogen (secondary N) is 2. The van der Waals surface area contributed by atoms with Crippen molar-refractivity contribution in [2.45, 2.75) is 27.3 Å². The third kappa shape index (κ3) is 8.35. The van der Waals surface area contributed by atoms with Crippen LogP contribution in [0.5, 0.6) is 0 Å². The Balaban J connectivity index is 0.00000300. The zero-order valence-electron chi connectivity index (χ0n) is 15.8. The Hall–Kier alpha value is -2.36. The molecule has 0 aliphatic rings. The molecule has 0 bridgehead atoms. The van der Waals surface area contributed by atoms with Gasteiger partial charge in [-0.15, -0.1) is 11.3 Å². The van der Waals surface area contributed by atoms with E-state index in [1.54, 1.807) is 30.1 Å². The Bertz CT molecular complexity index is 921. The fraction of sp³-hybridized carbons (Fsp3) is 0.273. The second-order valence-corrected chi connectivity index (χ2v) is 7.79. The number of amides is 2. The summed E-state index contributed by atoms with van der Waals surface area (Å²) in [7, 11) is 0. The molecule has 31 heavy (non-hydrogen) atoms. The molecule has 0 unspecified atom stereocenters. The summed E-state index contributed by atoms with van der Waals surface area (Å²) in [6, 6.07) is 12.5. The number of hydrogen-bond acceptors (Lipinski definition) is 6. The third-order valence-electron chi connectivity index (χ3n) is 3.96. The molecule has 0 saturated carbocycles. The molecule has 9 heteroatoms. The minimum atomic E-state index is -0.649. The van der Waals surface area contributed by atoms with E-state index in [9.17, 15) is 9.59 Å². The van der Waals surface area contributed by atoms with Crippen molar-refractivity contribution in [3.05, 3.63) is 65.8 Å². The molecule has 0 spiro atoms. The summed E-state index contributed by atoms with van der Waals surface area (Å²) in [4.78, 5) is 33.6. The van der Waals surface area contributed by atoms with E-state index in [2.05, 4.69) is 20.6 Å². The molecule has 3 rings (SSSR count). The highest BCUT2D eigenvalue weighted by Crippen LogP contribution is 2.24. The van der Waals surface area contributed by atoms with Gasteiger partial charge in [0.05, 0.1) is 11.3 Å². The summed E-state index contributed by atoms with van der Waals surface area (Å²) in [5, 5.41) is 8.03. The molecular weight excluding hydrogens is 448 g/mol. The van der Waals surface area contributed by atoms with Crippen LogP contribution in [-0.2, 0) is 4.79 Å². The van der Waals surface area contributed by atoms with Crippen LogP contribution in [0.1, 0.15) is 31.6 Å². The van der Waals surface area contributed by atoms with Crippen LogP contribution in [0.3, 0.4) is 0 Å². The van der Waals surface area contributed by atoms with Crippen molar-refractivity contribution in [2.24, 2.45) is 0 Å². The first-order chi connectivity index (χ1) is 13.7. The molecule has 0 aliphatic carbocycles. The monoisotopic (exact) mass is 478 g/mol. The summed E-state index contributed by atoms with van der Waals surface area (Å²) < 4.78 is 0. The van der Waals surface area contributed by atoms with E-state index >= 15 is 0 Å². The number of benzene rings is 1. The molecule has 1 atom stereocenters. The van der Waals surface area contributed by atoms with E-state index in [-0.39, 0.29) is 40.2 Å². The lowest BCUT2D eigenvalue weighted by Gasteiger charge is -2.17. The van der Waals surface area contributed by atoms with Gasteiger partial charge in [-0.1, -0.05) is 45.2 Å². The number of thioether (sulfide) groups is 1. The second kappa shape index (κ2) is 14.6. The highest BCUT2D eigenvalue weighted by atomic mass is 32.2. The van der Waals surface area contributed by atoms with Gasteiger partial charge in [-0.25, -0.2) is 4.98 Å². The van der Waals surface area contributed by atoms with Crippen LogP contribution in [0.4, 0.5) is 5.13 Å². The Morgan fingerprint density at radius 3 is 2.52 bits per heavy atom. The Kier molecular flexibility index (Phi) is 13.5. The lowest BCUT2D eigenvalue weighted by molar-refractivity contribution is -0.118. The number of nitrogens with zero attached hydrogens (tertiary/aromatic N) is 2. The van der Waals surface area contributed by atoms with Crippen LogP contribution in [0.2, 0.25) is 0 Å². The van der Waals surface area contributed by atoms with Gasteiger partial charge in [-0.2, -0.15) is 25.3 Å². The van der Waals surface area contributed by atoms with Gasteiger partial charge >= 0.3 is 0 Å². The van der Waals surface area contributed by atoms with Crippen molar-refractivity contribution in [2.75, 3.05) is 17.3 Å². The predicted molar refractivity (Wildman–Crippen MR) is 139 cm³/mol. The molecule has 0 fully saturated rings. The van der Waals surface area contributed by atoms with Gasteiger partial charge in [0.1, 0.15) is 6.04 Å². The quantitative estimate of drug-likeness (QED) is 0.472. The van der Waals surface area contributed by atoms with Crippen molar-refractivity contribution in [3.8, 4) is 11.3 Å². The number of aromatic nitrogens is 2. The molecule has 2 amide bonds. The van der Waals surface area contributed by atoms with Gasteiger partial charge in [-0.05, 0) is 30.6 Å². The summed E-state index contributed by atoms with van der Waals surface area (Å²) in [6.07, 6.45) is 5.56. The molecule has 2 heterocycles. The van der Waals surface area contributed by atoms with Crippen molar-refractivity contribution >= 4 is 53.5 Å². The van der Waals surface area contributed by atoms with Gasteiger partial charge in [0.15, 0.2) is 5.13 Å². The SMILES string of the molecule is C.C.CSCC[C@H](NC(=O)c1cccnc1)C(=O)Nc1nc(-c2ccccc2)cs1.S. The lowest BCUT2D eigenvalue weighted by atomic mass is 10.2. The molecule has 1 aromatic carbocycles. The number of carbonyl (C=O) groups excluding carboxylic acids is 2. The third-order valence-corrected chi connectivity index (χ3v) is 5.36. The smallest absolute Gasteiger partial charge is 0.253 e. The average molecular weight is 479 g/mol. The summed E-state index contributed by atoms with van der Waals surface area (Å²) in [5.41, 5.74) is 2.22. The van der Waals surface area contributed by atoms with Crippen LogP contribution in [-0.4, -0.2) is 39.8 Å². The van der Waals surface area contributed by atoms with E-state index in [1.807, 2.05) is 42.0 Å². The molecule has 0 radical (unpaired) electrons. The maximum Gasteiger partial charge on any atom is 0.253 e. The maximum atomic E-state index is 12.7. The summed E-state index contributed by atoms with van der Waals surface area (Å²) in [5.74, 6) is 0.150. The highest BCUT2D eigenvalue weighted by molar-refractivity contribution is 7.98. The van der Waals surface area contributed by atoms with Crippen molar-refractivity contribution in [3.63, 3.8) is 0 Å². The maximum absolute atomic E-state index is 12.7. The number of hydrogen-bond donors (Lipinski definition) is 2. The zero-order valence-corrected chi connectivity index (χ0v) is 18.4. The van der Waals surface area contributed by atoms with Crippen LogP contribution >= 0.6 is 36.6 Å². The second-order valence-electron chi connectivity index (χ2n) is 5.94. The number of anilines is 1. The zero-order chi connectivity index (χ0) is 19.8. The Morgan fingerprint density at radius 2 is 1.87 bits per heavy atom. The molecule has 168 valence electrons. The minimum absolute atomic E-state index is 0. The Labute approximate surface area is 199 Å². The van der Waals surface area contributed by atoms with E-state index in [4.69, 9.17) is 0 Å². The first kappa shape index (κ1) is 28.6. The van der Waals surface area contributed by atoms with Crippen LogP contribution in [0.15, 0.2) is 60.2 Å². The van der Waals surface area contributed by atoms with Crippen molar-refractivity contribution in [1.82, 2.24) is 15.3 Å². The van der Waals surface area contributed by atoms with Crippen molar-refractivity contribution in [1.29, 1.82) is 0 Å². The number of thiazole rings is 1. The topological polar surface area (TPSA) is 84.0 Å². The average Bonchev–Trinajstić information content (AvgIpc) is 3.20. The first-order valence-corrected chi connectivity index (χ1v) is 11.0. The normalized spacial score (nSPS) is 10.5. The molecular formula is C22H30N4O2S3. The number of rotatable bonds is 8. The molecule has 0 aliphatic heterocycles. The van der Waals surface area contributed by atoms with E-state index in [1.165, 1.54) is 17.5 Å². The van der Waals surface area contributed by atoms with Gasteiger partial charge in [0.25, 0.3) is 5.91 Å². The van der Waals surface area contributed by atoms with Crippen LogP contribution in [0, 0.1) is 0 Å². The predicted octanol–water partition coefficient (Wildman–Crippen LogP) is 5.08. The van der Waals surface area contributed by atoms with Crippen molar-refractivity contribution < 1.29 is 9.59 Å². The van der Waals surface area contributed by atoms with Crippen LogP contribution in [0.25, 0.3) is 11.3 Å². The van der Waals surface area contributed by atoms with Gasteiger partial charge in [-0.3, -0.25) is 14.6 Å². The molecule has 2 aromatic heterocycles. The largest absolute Gasteiger partial charge is 0.340 e. The van der Waals surface area contributed by atoms with Gasteiger partial charge < -0.3 is 10.6 Å². The minimum Gasteiger partial charge on any atom is -0.340 e. The van der Waals surface area contributed by atoms with E-state index in [0.29, 0.717) is 17.1 Å². The highest BCUT2D eigenvalue weighted by Gasteiger charge is 2.22. The fourth-order valence-electron chi connectivity index (χ4n) is 2.51. The number of carbonyl (C=O) groups is 2. The lowest BCUT2D eigenvalue weighted by Crippen LogP contribution is -2.44. The number of pyridine rings is 1. The molecule has 0 saturated heterocycles. The summed E-state index contributed by atoms with van der Waals surface area (Å²) in [6.45, 7) is 0. The van der Waals surface area contributed by atoms with E-state index in [0.717, 1.165) is 17.0 Å². The molecule has 6 nitrogen and oxygen atoms in total. The standard InChI is InChI=1S/C20H20N4O2S2.2CH4.H2S/c1-27-11-9-16(22-18(25)15-8-5-10-21-12-15)19(26)24-20-23-17(13-28-20)14-6-3-2-4-7-14;;;/h2-8,10,12-13,16H,9,11H2,1H3,(H,22,25)(H,23,24,26);2*1H4;1H2/t16-;;;/m0.../s1. The van der Waals surface area contributed by atoms with Gasteiger partial charge in [0.2, 0.25) is 5.91 Å². The molecule has 2 N–H and O–H groups in total. The first-order valence-electron chi connectivity index (χ1n) is 8.69.